The van der Waals surface area contributed by atoms with Crippen molar-refractivity contribution in [1.29, 1.82) is 0 Å². The van der Waals surface area contributed by atoms with E-state index >= 15 is 0 Å². The Morgan fingerprint density at radius 2 is 1.94 bits per heavy atom. The summed E-state index contributed by atoms with van der Waals surface area (Å²) in [5.41, 5.74) is 0.593. The summed E-state index contributed by atoms with van der Waals surface area (Å²) < 4.78 is 13.7. The largest absolute Gasteiger partial charge is 0.504 e. The number of phenolic OH excluding ortho intramolecular Hbond substituents is 2. The van der Waals surface area contributed by atoms with Gasteiger partial charge in [0, 0.05) is 10.0 Å². The molecule has 17 heavy (non-hydrogen) atoms. The molecule has 94 valence electrons. The highest BCUT2D eigenvalue weighted by Crippen LogP contribution is 2.39. The van der Waals surface area contributed by atoms with E-state index < -0.39 is 11.6 Å². The van der Waals surface area contributed by atoms with Gasteiger partial charge in [0.15, 0.2) is 17.3 Å². The lowest BCUT2D eigenvalue weighted by Crippen LogP contribution is -2.28. The van der Waals surface area contributed by atoms with Crippen LogP contribution in [0.1, 0.15) is 18.4 Å². The molecule has 0 aromatic heterocycles. The van der Waals surface area contributed by atoms with Gasteiger partial charge in [-0.05, 0) is 44.3 Å². The van der Waals surface area contributed by atoms with E-state index in [1.54, 1.807) is 0 Å². The Bertz CT molecular complexity index is 419. The van der Waals surface area contributed by atoms with Gasteiger partial charge >= 0.3 is 0 Å². The van der Waals surface area contributed by atoms with Crippen LogP contribution in [0.3, 0.4) is 0 Å². The van der Waals surface area contributed by atoms with E-state index in [1.807, 2.05) is 0 Å². The minimum atomic E-state index is -0.802. The first-order chi connectivity index (χ1) is 8.09. The van der Waals surface area contributed by atoms with Crippen LogP contribution in [0.4, 0.5) is 4.39 Å². The van der Waals surface area contributed by atoms with E-state index in [9.17, 15) is 14.6 Å². The van der Waals surface area contributed by atoms with Crippen LogP contribution in [0.2, 0.25) is 0 Å². The number of hydrogen-bond acceptors (Lipinski definition) is 3. The predicted molar refractivity (Wildman–Crippen MR) is 66.7 cm³/mol. The maximum absolute atomic E-state index is 13.1. The van der Waals surface area contributed by atoms with Gasteiger partial charge in [-0.1, -0.05) is 15.9 Å². The van der Waals surface area contributed by atoms with Crippen LogP contribution < -0.4 is 5.32 Å². The quantitative estimate of drug-likeness (QED) is 0.736. The maximum Gasteiger partial charge on any atom is 0.194 e. The van der Waals surface area contributed by atoms with Gasteiger partial charge in [-0.2, -0.15) is 0 Å². The summed E-state index contributed by atoms with van der Waals surface area (Å²) in [5.74, 6) is -1.33. The molecule has 0 atom stereocenters. The first kappa shape index (κ1) is 12.6. The fraction of sp³-hybridized carbons (Fsp3) is 0.500. The van der Waals surface area contributed by atoms with Crippen LogP contribution >= 0.6 is 15.9 Å². The molecule has 0 saturated carbocycles. The number of rotatable bonds is 2. The summed E-state index contributed by atoms with van der Waals surface area (Å²) in [4.78, 5) is 0. The maximum atomic E-state index is 13.1. The van der Waals surface area contributed by atoms with Crippen LogP contribution in [0.5, 0.6) is 11.5 Å². The number of benzene rings is 1. The molecule has 1 fully saturated rings. The van der Waals surface area contributed by atoms with Crippen molar-refractivity contribution in [3.05, 3.63) is 21.9 Å². The highest BCUT2D eigenvalue weighted by Gasteiger charge is 2.20. The summed E-state index contributed by atoms with van der Waals surface area (Å²) in [6.07, 6.45) is 2.72. The Balaban J connectivity index is 2.22. The van der Waals surface area contributed by atoms with Crippen molar-refractivity contribution < 1.29 is 14.6 Å². The fourth-order valence-electron chi connectivity index (χ4n) is 2.20. The fourth-order valence-corrected chi connectivity index (χ4v) is 2.76. The normalized spacial score (nSPS) is 17.3. The molecule has 1 heterocycles. The van der Waals surface area contributed by atoms with Crippen LogP contribution in [0.25, 0.3) is 0 Å². The Morgan fingerprint density at radius 3 is 2.59 bits per heavy atom. The van der Waals surface area contributed by atoms with Crippen molar-refractivity contribution in [2.45, 2.75) is 19.3 Å². The Kier molecular flexibility index (Phi) is 3.89. The molecule has 0 radical (unpaired) electrons. The van der Waals surface area contributed by atoms with Gasteiger partial charge in [0.05, 0.1) is 0 Å². The second-order valence-corrected chi connectivity index (χ2v) is 5.27. The number of piperidine rings is 1. The molecule has 5 heteroatoms. The number of hydrogen-bond donors (Lipinski definition) is 3. The van der Waals surface area contributed by atoms with Crippen molar-refractivity contribution in [3.8, 4) is 11.5 Å². The molecule has 1 aromatic carbocycles. The first-order valence-electron chi connectivity index (χ1n) is 5.69. The van der Waals surface area contributed by atoms with Gasteiger partial charge in [0.2, 0.25) is 0 Å². The van der Waals surface area contributed by atoms with Crippen LogP contribution in [-0.4, -0.2) is 23.3 Å². The third kappa shape index (κ3) is 2.72. The SMILES string of the molecule is Oc1c(F)cc(Br)c(CC2CCNCC2)c1O. The number of phenols is 2. The van der Waals surface area contributed by atoms with Gasteiger partial charge in [0.1, 0.15) is 0 Å². The Hall–Kier alpha value is -0.810. The molecule has 0 bridgehead atoms. The van der Waals surface area contributed by atoms with Gasteiger partial charge in [-0.15, -0.1) is 0 Å². The van der Waals surface area contributed by atoms with E-state index in [0.717, 1.165) is 25.9 Å². The monoisotopic (exact) mass is 303 g/mol. The lowest BCUT2D eigenvalue weighted by Gasteiger charge is -2.23. The standard InChI is InChI=1S/C12H15BrFNO2/c13-9-6-10(14)12(17)11(16)8(9)5-7-1-3-15-4-2-7/h6-7,15-17H,1-5H2. The zero-order chi connectivity index (χ0) is 12.4. The van der Waals surface area contributed by atoms with E-state index in [-0.39, 0.29) is 5.75 Å². The topological polar surface area (TPSA) is 52.5 Å². The molecule has 2 rings (SSSR count). The van der Waals surface area contributed by atoms with E-state index in [4.69, 9.17) is 0 Å². The molecule has 1 saturated heterocycles. The average Bonchev–Trinajstić information content (AvgIpc) is 2.33. The second kappa shape index (κ2) is 5.23. The molecular formula is C12H15BrFNO2. The Labute approximate surface area is 108 Å². The summed E-state index contributed by atoms with van der Waals surface area (Å²) >= 11 is 3.23. The van der Waals surface area contributed by atoms with E-state index in [1.165, 1.54) is 6.07 Å². The van der Waals surface area contributed by atoms with Crippen molar-refractivity contribution in [3.63, 3.8) is 0 Å². The molecule has 1 aliphatic heterocycles. The van der Waals surface area contributed by atoms with Gasteiger partial charge in [-0.3, -0.25) is 0 Å². The smallest absolute Gasteiger partial charge is 0.194 e. The summed E-state index contributed by atoms with van der Waals surface area (Å²) in [6, 6.07) is 1.20. The minimum absolute atomic E-state index is 0.338. The lowest BCUT2D eigenvalue weighted by molar-refractivity contribution is 0.351. The third-order valence-corrected chi connectivity index (χ3v) is 3.94. The third-order valence-electron chi connectivity index (χ3n) is 3.23. The lowest BCUT2D eigenvalue weighted by atomic mass is 9.90. The van der Waals surface area contributed by atoms with Crippen LogP contribution in [0.15, 0.2) is 10.5 Å². The van der Waals surface area contributed by atoms with E-state index in [0.29, 0.717) is 22.4 Å². The van der Waals surface area contributed by atoms with Crippen molar-refractivity contribution in [2.75, 3.05) is 13.1 Å². The van der Waals surface area contributed by atoms with Gasteiger partial charge < -0.3 is 15.5 Å². The Morgan fingerprint density at radius 1 is 1.29 bits per heavy atom. The minimum Gasteiger partial charge on any atom is -0.504 e. The molecule has 0 aliphatic carbocycles. The van der Waals surface area contributed by atoms with Crippen LogP contribution in [0, 0.1) is 11.7 Å². The predicted octanol–water partition coefficient (Wildman–Crippen LogP) is 2.54. The zero-order valence-electron chi connectivity index (χ0n) is 9.34. The first-order valence-corrected chi connectivity index (χ1v) is 6.48. The summed E-state index contributed by atoms with van der Waals surface area (Å²) in [6.45, 7) is 1.94. The van der Waals surface area contributed by atoms with E-state index in [2.05, 4.69) is 21.2 Å². The summed E-state index contributed by atoms with van der Waals surface area (Å²) in [7, 11) is 0. The number of nitrogens with one attached hydrogen (secondary N) is 1. The zero-order valence-corrected chi connectivity index (χ0v) is 10.9. The second-order valence-electron chi connectivity index (χ2n) is 4.41. The molecular weight excluding hydrogens is 289 g/mol. The molecule has 0 amide bonds. The number of aromatic hydroxyl groups is 2. The number of halogens is 2. The molecule has 0 spiro atoms. The molecule has 3 N–H and O–H groups in total. The molecule has 0 unspecified atom stereocenters. The molecule has 3 nitrogen and oxygen atoms in total. The van der Waals surface area contributed by atoms with Crippen LogP contribution in [-0.2, 0) is 6.42 Å². The van der Waals surface area contributed by atoms with Gasteiger partial charge in [0.25, 0.3) is 0 Å². The van der Waals surface area contributed by atoms with Gasteiger partial charge in [-0.25, -0.2) is 4.39 Å². The highest BCUT2D eigenvalue weighted by molar-refractivity contribution is 9.10. The highest BCUT2D eigenvalue weighted by atomic mass is 79.9. The molecule has 1 aliphatic rings. The summed E-state index contributed by atoms with van der Waals surface area (Å²) in [5, 5.41) is 22.4. The van der Waals surface area contributed by atoms with Crippen molar-refractivity contribution >= 4 is 15.9 Å². The molecule has 1 aromatic rings. The van der Waals surface area contributed by atoms with Crippen molar-refractivity contribution in [1.82, 2.24) is 5.32 Å². The van der Waals surface area contributed by atoms with Crippen molar-refractivity contribution in [2.24, 2.45) is 5.92 Å². The average molecular weight is 304 g/mol.